The number of carboxylic acids is 2. The van der Waals surface area contributed by atoms with Crippen LogP contribution in [0.4, 0.5) is 26.3 Å². The Kier molecular flexibility index (Phi) is 24.1. The van der Waals surface area contributed by atoms with E-state index in [0.717, 1.165) is 56.9 Å². The van der Waals surface area contributed by atoms with Crippen LogP contribution in [0.25, 0.3) is 33.9 Å². The topological polar surface area (TPSA) is 301 Å². The van der Waals surface area contributed by atoms with Gasteiger partial charge in [-0.1, -0.05) is 80.7 Å². The maximum absolute atomic E-state index is 13.3. The van der Waals surface area contributed by atoms with Gasteiger partial charge >= 0.3 is 71.5 Å². The Balaban J connectivity index is 0.000000467. The zero-order valence-electron chi connectivity index (χ0n) is 37.5. The minimum Gasteiger partial charge on any atom is -0.550 e. The molecule has 0 aliphatic rings. The molecule has 31 heteroatoms. The van der Waals surface area contributed by atoms with Crippen molar-refractivity contribution in [1.82, 2.24) is 40.6 Å². The van der Waals surface area contributed by atoms with E-state index in [1.54, 1.807) is 69.6 Å². The smallest absolute Gasteiger partial charge is 0.550 e. The summed E-state index contributed by atoms with van der Waals surface area (Å²) in [4.78, 5) is 41.2. The van der Waals surface area contributed by atoms with E-state index < -0.39 is 68.6 Å². The quantitative estimate of drug-likeness (QED) is 0.0250. The van der Waals surface area contributed by atoms with Crippen molar-refractivity contribution >= 4 is 32.0 Å². The van der Waals surface area contributed by atoms with Gasteiger partial charge in [0.1, 0.15) is 0 Å². The molecule has 0 aliphatic carbocycles. The van der Waals surface area contributed by atoms with Gasteiger partial charge in [-0.05, 0) is 74.5 Å². The summed E-state index contributed by atoms with van der Waals surface area (Å²) in [7, 11) is -8.40. The van der Waals surface area contributed by atoms with Crippen LogP contribution < -0.4 is 90.4 Å². The number of carbonyl (C=O) groups is 2. The molecule has 6 rings (SSSR count). The molecule has 0 atom stereocenters. The first-order chi connectivity index (χ1) is 31.9. The van der Waals surface area contributed by atoms with Crippen molar-refractivity contribution in [2.45, 2.75) is 48.8 Å². The predicted octanol–water partition coefficient (Wildman–Crippen LogP) is -3.51. The van der Waals surface area contributed by atoms with Crippen molar-refractivity contribution in [3.8, 4) is 33.9 Å². The zero-order chi connectivity index (χ0) is 49.9. The van der Waals surface area contributed by atoms with E-state index in [4.69, 9.17) is 0 Å². The number of aryl methyl sites for hydroxylation is 2. The standard InChI is InChI=1S/2C20H19F3N4O6S.2Na.H2O/c2*1-13-2-4-14(5-3-13)17-12-18(20(21,22)23)24-27(17)15-6-8-16(9-7-15)34(30,31)26-33-25-32-11-10-19(28)29;;;/h2*2-9,12,25-26H,10-11H2,1H3,(H,28,29);;;1H2/q;;2*+1;/p-2. The fourth-order valence-electron chi connectivity index (χ4n) is 5.48. The Morgan fingerprint density at radius 2 is 0.873 bits per heavy atom. The van der Waals surface area contributed by atoms with Crippen LogP contribution in [0, 0.1) is 13.8 Å². The Hall–Kier alpha value is -4.64. The van der Waals surface area contributed by atoms with E-state index in [-0.39, 0.29) is 110 Å². The Bertz CT molecular complexity index is 2700. The molecule has 0 unspecified atom stereocenters. The summed E-state index contributed by atoms with van der Waals surface area (Å²) in [5.74, 6) is -2.74. The summed E-state index contributed by atoms with van der Waals surface area (Å²) in [6, 6.07) is 25.2. The maximum atomic E-state index is 13.3. The van der Waals surface area contributed by atoms with Crippen LogP contribution in [0.2, 0.25) is 0 Å². The number of nitrogens with zero attached hydrogens (tertiary/aromatic N) is 4. The van der Waals surface area contributed by atoms with Gasteiger partial charge in [0.2, 0.25) is 0 Å². The summed E-state index contributed by atoms with van der Waals surface area (Å²) in [6.07, 6.45) is -10.2. The minimum absolute atomic E-state index is 0. The van der Waals surface area contributed by atoms with Crippen LogP contribution >= 0.6 is 0 Å². The third-order valence-electron chi connectivity index (χ3n) is 8.80. The van der Waals surface area contributed by atoms with Crippen LogP contribution in [0.5, 0.6) is 0 Å². The molecule has 4 aromatic carbocycles. The molecule has 21 nitrogen and oxygen atoms in total. The van der Waals surface area contributed by atoms with Gasteiger partial charge in [0.25, 0.3) is 20.0 Å². The third-order valence-corrected chi connectivity index (χ3v) is 11.2. The predicted molar refractivity (Wildman–Crippen MR) is 221 cm³/mol. The van der Waals surface area contributed by atoms with Crippen molar-refractivity contribution in [3.05, 3.63) is 132 Å². The summed E-state index contributed by atoms with van der Waals surface area (Å²) < 4.78 is 131. The molecule has 0 bridgehead atoms. The second kappa shape index (κ2) is 27.4. The van der Waals surface area contributed by atoms with E-state index in [1.165, 1.54) is 24.3 Å². The number of nitrogens with one attached hydrogen (secondary N) is 4. The second-order valence-electron chi connectivity index (χ2n) is 13.9. The van der Waals surface area contributed by atoms with Crippen molar-refractivity contribution in [2.24, 2.45) is 0 Å². The van der Waals surface area contributed by atoms with Crippen LogP contribution in [-0.2, 0) is 61.5 Å². The molecule has 2 aromatic heterocycles. The summed E-state index contributed by atoms with van der Waals surface area (Å²) >= 11 is 0. The van der Waals surface area contributed by atoms with Crippen LogP contribution in [0.1, 0.15) is 35.4 Å². The van der Waals surface area contributed by atoms with Crippen molar-refractivity contribution in [2.75, 3.05) is 13.2 Å². The zero-order valence-corrected chi connectivity index (χ0v) is 43.1. The van der Waals surface area contributed by atoms with Gasteiger partial charge in [0.05, 0.1) is 45.8 Å². The van der Waals surface area contributed by atoms with Gasteiger partial charge in [0, 0.05) is 35.9 Å². The van der Waals surface area contributed by atoms with Gasteiger partial charge in [-0.3, -0.25) is 9.68 Å². The number of carboxylic acid groups (broad SMARTS) is 2. The number of hydrogen-bond acceptors (Lipinski definition) is 16. The van der Waals surface area contributed by atoms with E-state index in [1.807, 2.05) is 13.8 Å². The number of halogens is 6. The first kappa shape index (κ1) is 62.5. The molecule has 0 fully saturated rings. The molecule has 6 N–H and O–H groups in total. The Morgan fingerprint density at radius 3 is 1.15 bits per heavy atom. The molecular formula is C40H38F6N8Na2O13S2. The van der Waals surface area contributed by atoms with Crippen LogP contribution in [-0.4, -0.2) is 67.0 Å². The number of carbonyl (C=O) groups excluding carboxylic acids is 2. The number of aromatic nitrogens is 4. The molecule has 372 valence electrons. The monoisotopic (exact) mass is 1060 g/mol. The first-order valence-corrected chi connectivity index (χ1v) is 22.1. The van der Waals surface area contributed by atoms with E-state index in [0.29, 0.717) is 11.1 Å². The Morgan fingerprint density at radius 1 is 0.563 bits per heavy atom. The summed E-state index contributed by atoms with van der Waals surface area (Å²) in [6.45, 7) is 3.00. The SMILES string of the molecule is Cc1ccc(-c2cc(C(F)(F)F)nn2-c2ccc(S(=O)(=O)NONOCCC(=O)[O-])cc2)cc1.Cc1ccc(-c2cc(C(F)(F)F)nn2-c2ccc(S(=O)(=O)NONOCCC(=O)[O-])cc2)cc1.O.[Na+].[Na+]. The average Bonchev–Trinajstić information content (AvgIpc) is 3.94. The fraction of sp³-hybridized carbons (Fsp3) is 0.200. The van der Waals surface area contributed by atoms with E-state index >= 15 is 0 Å². The number of hydrogen-bond donors (Lipinski definition) is 4. The molecule has 0 aliphatic heterocycles. The number of alkyl halides is 6. The number of benzene rings is 4. The second-order valence-corrected chi connectivity index (χ2v) is 17.1. The van der Waals surface area contributed by atoms with Gasteiger partial charge in [0.15, 0.2) is 11.4 Å². The third kappa shape index (κ3) is 18.4. The molecule has 0 amide bonds. The number of rotatable bonds is 20. The molecule has 71 heavy (non-hydrogen) atoms. The molecule has 6 aromatic rings. The molecule has 0 saturated heterocycles. The summed E-state index contributed by atoms with van der Waals surface area (Å²) in [5.41, 5.74) is 4.85. The van der Waals surface area contributed by atoms with Crippen molar-refractivity contribution in [3.63, 3.8) is 0 Å². The number of sulfonamides is 2. The van der Waals surface area contributed by atoms with Crippen molar-refractivity contribution in [1.29, 1.82) is 0 Å². The van der Waals surface area contributed by atoms with E-state index in [9.17, 15) is 63.0 Å². The number of aliphatic carboxylic acids is 2. The summed E-state index contributed by atoms with van der Waals surface area (Å²) in [5, 5.41) is 27.8. The van der Waals surface area contributed by atoms with Crippen LogP contribution in [0.15, 0.2) is 119 Å². The molecule has 0 spiro atoms. The maximum Gasteiger partial charge on any atom is 1.00 e. The average molecular weight is 1060 g/mol. The van der Waals surface area contributed by atoms with Gasteiger partial charge in [-0.2, -0.15) is 46.4 Å². The first-order valence-electron chi connectivity index (χ1n) is 19.1. The fourth-order valence-corrected chi connectivity index (χ4v) is 6.95. The van der Waals surface area contributed by atoms with Gasteiger partial charge in [-0.15, -0.1) is 0 Å². The normalized spacial score (nSPS) is 11.6. The molecule has 0 saturated carbocycles. The van der Waals surface area contributed by atoms with Gasteiger partial charge in [-0.25, -0.2) is 26.2 Å². The van der Waals surface area contributed by atoms with E-state index in [2.05, 4.69) is 29.7 Å². The molecule has 0 radical (unpaired) electrons. The van der Waals surface area contributed by atoms with Crippen LogP contribution in [0.3, 0.4) is 0 Å². The molecular weight excluding hydrogens is 1020 g/mol. The van der Waals surface area contributed by atoms with Gasteiger partial charge < -0.3 is 25.3 Å². The van der Waals surface area contributed by atoms with Crippen molar-refractivity contribution < 1.29 is 147 Å². The Labute approximate surface area is 444 Å². The largest absolute Gasteiger partial charge is 1.00 e. The molecule has 2 heterocycles. The minimum atomic E-state index is -4.68.